The van der Waals surface area contributed by atoms with E-state index < -0.39 is 0 Å². The molecular formula is C14H21NOS. The summed E-state index contributed by atoms with van der Waals surface area (Å²) >= 11 is 1.85. The average molecular weight is 251 g/mol. The summed E-state index contributed by atoms with van der Waals surface area (Å²) < 4.78 is 0. The van der Waals surface area contributed by atoms with Crippen LogP contribution >= 0.6 is 11.3 Å². The number of hydrogen-bond donors (Lipinski definition) is 0. The minimum atomic E-state index is 0.446. The lowest BCUT2D eigenvalue weighted by molar-refractivity contribution is -0.121. The number of carbonyl (C=O) groups excluding carboxylic acids is 1. The second-order valence-corrected chi connectivity index (χ2v) is 6.20. The quantitative estimate of drug-likeness (QED) is 0.820. The molecule has 2 rings (SSSR count). The Morgan fingerprint density at radius 1 is 1.35 bits per heavy atom. The first-order chi connectivity index (χ1) is 8.09. The Morgan fingerprint density at radius 2 is 2.00 bits per heavy atom. The first-order valence-electron chi connectivity index (χ1n) is 6.31. The van der Waals surface area contributed by atoms with Crippen LogP contribution in [0.25, 0.3) is 0 Å². The van der Waals surface area contributed by atoms with Gasteiger partial charge >= 0.3 is 0 Å². The minimum Gasteiger partial charge on any atom is -0.301 e. The third kappa shape index (κ3) is 2.78. The average Bonchev–Trinajstić information content (AvgIpc) is 2.68. The van der Waals surface area contributed by atoms with Crippen LogP contribution in [0.1, 0.15) is 42.2 Å². The molecule has 94 valence electrons. The number of aryl methyl sites for hydroxylation is 1. The second kappa shape index (κ2) is 5.32. The summed E-state index contributed by atoms with van der Waals surface area (Å²) in [4.78, 5) is 15.1. The van der Waals surface area contributed by atoms with E-state index in [0.29, 0.717) is 17.7 Å². The lowest BCUT2D eigenvalue weighted by atomic mass is 9.81. The zero-order valence-corrected chi connectivity index (χ0v) is 11.7. The van der Waals surface area contributed by atoms with E-state index in [1.165, 1.54) is 10.4 Å². The van der Waals surface area contributed by atoms with Gasteiger partial charge in [-0.1, -0.05) is 0 Å². The number of ketones is 1. The molecule has 2 nitrogen and oxygen atoms in total. The van der Waals surface area contributed by atoms with Gasteiger partial charge in [0, 0.05) is 23.8 Å². The van der Waals surface area contributed by atoms with Crippen LogP contribution < -0.4 is 0 Å². The Balaban J connectivity index is 2.18. The van der Waals surface area contributed by atoms with Crippen molar-refractivity contribution in [2.45, 2.75) is 38.6 Å². The molecule has 0 amide bonds. The maximum absolute atomic E-state index is 11.3. The number of hydrogen-bond acceptors (Lipinski definition) is 3. The van der Waals surface area contributed by atoms with E-state index in [4.69, 9.17) is 0 Å². The van der Waals surface area contributed by atoms with Gasteiger partial charge in [-0.25, -0.2) is 0 Å². The van der Waals surface area contributed by atoms with E-state index in [1.807, 2.05) is 11.3 Å². The molecule has 1 aliphatic rings. The van der Waals surface area contributed by atoms with Crippen LogP contribution in [0.4, 0.5) is 0 Å². The molecule has 3 heteroatoms. The lowest BCUT2D eigenvalue weighted by Crippen LogP contribution is -2.30. The van der Waals surface area contributed by atoms with Crippen LogP contribution in [0, 0.1) is 12.8 Å². The fraction of sp³-hybridized carbons (Fsp3) is 0.643. The summed E-state index contributed by atoms with van der Waals surface area (Å²) in [6, 6.07) is 2.69. The molecule has 1 atom stereocenters. The molecule has 1 aliphatic carbocycles. The summed E-state index contributed by atoms with van der Waals surface area (Å²) in [5.41, 5.74) is 1.39. The van der Waals surface area contributed by atoms with Crippen molar-refractivity contribution in [1.82, 2.24) is 4.90 Å². The van der Waals surface area contributed by atoms with E-state index in [-0.39, 0.29) is 0 Å². The van der Waals surface area contributed by atoms with E-state index in [2.05, 4.69) is 37.4 Å². The highest BCUT2D eigenvalue weighted by Gasteiger charge is 2.30. The largest absolute Gasteiger partial charge is 0.301 e. The molecule has 1 aromatic rings. The SMILES string of the molecule is Cc1ccsc1C(C1CCC(=O)CC1)N(C)C. The van der Waals surface area contributed by atoms with Crippen LogP contribution in [-0.4, -0.2) is 24.8 Å². The minimum absolute atomic E-state index is 0.446. The number of rotatable bonds is 3. The van der Waals surface area contributed by atoms with Crippen LogP contribution in [0.15, 0.2) is 11.4 Å². The molecule has 0 saturated heterocycles. The summed E-state index contributed by atoms with van der Waals surface area (Å²) in [6.45, 7) is 2.19. The van der Waals surface area contributed by atoms with Gasteiger partial charge in [0.15, 0.2) is 0 Å². The molecule has 1 aromatic heterocycles. The molecule has 0 radical (unpaired) electrons. The molecular weight excluding hydrogens is 230 g/mol. The highest BCUT2D eigenvalue weighted by Crippen LogP contribution is 2.39. The van der Waals surface area contributed by atoms with Crippen molar-refractivity contribution < 1.29 is 4.79 Å². The van der Waals surface area contributed by atoms with Gasteiger partial charge in [0.2, 0.25) is 0 Å². The number of thiophene rings is 1. The monoisotopic (exact) mass is 251 g/mol. The molecule has 1 saturated carbocycles. The smallest absolute Gasteiger partial charge is 0.132 e. The molecule has 0 aromatic carbocycles. The predicted octanol–water partition coefficient (Wildman–Crippen LogP) is 3.42. The third-order valence-electron chi connectivity index (χ3n) is 3.76. The van der Waals surface area contributed by atoms with Crippen LogP contribution in [0.5, 0.6) is 0 Å². The van der Waals surface area contributed by atoms with Crippen LogP contribution in [0.2, 0.25) is 0 Å². The van der Waals surface area contributed by atoms with Gasteiger partial charge in [-0.05, 0) is 56.8 Å². The zero-order valence-electron chi connectivity index (χ0n) is 10.9. The van der Waals surface area contributed by atoms with Gasteiger partial charge in [-0.2, -0.15) is 0 Å². The van der Waals surface area contributed by atoms with Gasteiger partial charge in [0.25, 0.3) is 0 Å². The summed E-state index contributed by atoms with van der Waals surface area (Å²) in [6.07, 6.45) is 3.66. The predicted molar refractivity (Wildman–Crippen MR) is 72.4 cm³/mol. The van der Waals surface area contributed by atoms with Crippen molar-refractivity contribution in [3.8, 4) is 0 Å². The number of Topliss-reactive ketones (excluding diaryl/α,β-unsaturated/α-hetero) is 1. The normalized spacial score (nSPS) is 19.9. The van der Waals surface area contributed by atoms with E-state index >= 15 is 0 Å². The Morgan fingerprint density at radius 3 is 2.47 bits per heavy atom. The lowest BCUT2D eigenvalue weighted by Gasteiger charge is -2.34. The topological polar surface area (TPSA) is 20.3 Å². The zero-order chi connectivity index (χ0) is 12.4. The van der Waals surface area contributed by atoms with Crippen LogP contribution in [-0.2, 0) is 4.79 Å². The van der Waals surface area contributed by atoms with E-state index in [9.17, 15) is 4.79 Å². The molecule has 1 heterocycles. The second-order valence-electron chi connectivity index (χ2n) is 5.25. The number of carbonyl (C=O) groups is 1. The first kappa shape index (κ1) is 12.8. The maximum atomic E-state index is 11.3. The molecule has 0 bridgehead atoms. The van der Waals surface area contributed by atoms with E-state index in [0.717, 1.165) is 25.7 Å². The van der Waals surface area contributed by atoms with Crippen molar-refractivity contribution in [3.05, 3.63) is 21.9 Å². The molecule has 1 unspecified atom stereocenters. The van der Waals surface area contributed by atoms with Crippen LogP contribution in [0.3, 0.4) is 0 Å². The van der Waals surface area contributed by atoms with Gasteiger partial charge in [0.1, 0.15) is 5.78 Å². The molecule has 17 heavy (non-hydrogen) atoms. The fourth-order valence-corrected chi connectivity index (χ4v) is 4.05. The van der Waals surface area contributed by atoms with Gasteiger partial charge in [-0.15, -0.1) is 11.3 Å². The highest BCUT2D eigenvalue weighted by molar-refractivity contribution is 7.10. The van der Waals surface area contributed by atoms with Crippen molar-refractivity contribution >= 4 is 17.1 Å². The van der Waals surface area contributed by atoms with Gasteiger partial charge < -0.3 is 4.90 Å². The molecule has 1 fully saturated rings. The Kier molecular flexibility index (Phi) is 4.00. The standard InChI is InChI=1S/C14H21NOS/c1-10-8-9-17-14(10)13(15(2)3)11-4-6-12(16)7-5-11/h8-9,11,13H,4-7H2,1-3H3. The molecule has 0 N–H and O–H groups in total. The summed E-state index contributed by atoms with van der Waals surface area (Å²) in [7, 11) is 4.31. The Hall–Kier alpha value is -0.670. The van der Waals surface area contributed by atoms with Gasteiger partial charge in [0.05, 0.1) is 0 Å². The Bertz CT molecular complexity index is 387. The highest BCUT2D eigenvalue weighted by atomic mass is 32.1. The third-order valence-corrected chi connectivity index (χ3v) is 4.85. The van der Waals surface area contributed by atoms with Crippen molar-refractivity contribution in [2.24, 2.45) is 5.92 Å². The number of nitrogens with zero attached hydrogens (tertiary/aromatic N) is 1. The summed E-state index contributed by atoms with van der Waals surface area (Å²) in [5.74, 6) is 1.08. The summed E-state index contributed by atoms with van der Waals surface area (Å²) in [5, 5.41) is 2.18. The molecule has 0 aliphatic heterocycles. The van der Waals surface area contributed by atoms with E-state index in [1.54, 1.807) is 0 Å². The first-order valence-corrected chi connectivity index (χ1v) is 7.19. The maximum Gasteiger partial charge on any atom is 0.132 e. The molecule has 0 spiro atoms. The van der Waals surface area contributed by atoms with Crippen molar-refractivity contribution in [3.63, 3.8) is 0 Å². The van der Waals surface area contributed by atoms with Gasteiger partial charge in [-0.3, -0.25) is 4.79 Å². The fourth-order valence-electron chi connectivity index (χ4n) is 2.84. The van der Waals surface area contributed by atoms with Crippen molar-refractivity contribution in [2.75, 3.05) is 14.1 Å². The Labute approximate surface area is 108 Å². The van der Waals surface area contributed by atoms with Crippen molar-refractivity contribution in [1.29, 1.82) is 0 Å².